The third-order valence-corrected chi connectivity index (χ3v) is 3.61. The Morgan fingerprint density at radius 3 is 2.12 bits per heavy atom. The van der Waals surface area contributed by atoms with Crippen LogP contribution >= 0.6 is 0 Å². The summed E-state index contributed by atoms with van der Waals surface area (Å²) in [5, 5.41) is 0. The van der Waals surface area contributed by atoms with Crippen LogP contribution in [0.25, 0.3) is 5.57 Å². The fourth-order valence-electron chi connectivity index (χ4n) is 2.52. The Morgan fingerprint density at radius 1 is 0.882 bits per heavy atom. The molecule has 1 unspecified atom stereocenters. The lowest BCUT2D eigenvalue weighted by molar-refractivity contribution is 1.03. The number of allylic oxidation sites excluding steroid dienone is 1. The molecular formula is C17H16. The van der Waals surface area contributed by atoms with Gasteiger partial charge in [-0.05, 0) is 35.0 Å². The summed E-state index contributed by atoms with van der Waals surface area (Å²) in [6.07, 6.45) is 1.25. The second-order valence-corrected chi connectivity index (χ2v) is 4.75. The van der Waals surface area contributed by atoms with Crippen molar-refractivity contribution in [2.75, 3.05) is 0 Å². The zero-order valence-corrected chi connectivity index (χ0v) is 9.84. The van der Waals surface area contributed by atoms with E-state index in [1.165, 1.54) is 23.1 Å². The Hall–Kier alpha value is -1.82. The van der Waals surface area contributed by atoms with Crippen LogP contribution in [0, 0.1) is 5.92 Å². The summed E-state index contributed by atoms with van der Waals surface area (Å²) in [4.78, 5) is 0. The van der Waals surface area contributed by atoms with Crippen molar-refractivity contribution < 1.29 is 0 Å². The Balaban J connectivity index is 1.76. The van der Waals surface area contributed by atoms with Gasteiger partial charge in [0.25, 0.3) is 0 Å². The molecule has 0 aliphatic heterocycles. The van der Waals surface area contributed by atoms with Crippen LogP contribution in [0.4, 0.5) is 0 Å². The minimum atomic E-state index is 0.639. The first-order valence-corrected chi connectivity index (χ1v) is 6.15. The van der Waals surface area contributed by atoms with Crippen LogP contribution in [0.3, 0.4) is 0 Å². The van der Waals surface area contributed by atoms with E-state index in [0.717, 1.165) is 0 Å². The number of rotatable bonds is 3. The smallest absolute Gasteiger partial charge is 0.00868 e. The minimum absolute atomic E-state index is 0.639. The van der Waals surface area contributed by atoms with Crippen molar-refractivity contribution >= 4 is 5.57 Å². The van der Waals surface area contributed by atoms with Crippen molar-refractivity contribution in [3.8, 4) is 0 Å². The Bertz CT molecular complexity index is 510. The van der Waals surface area contributed by atoms with Crippen LogP contribution < -0.4 is 0 Å². The molecule has 0 nitrogen and oxygen atoms in total. The van der Waals surface area contributed by atoms with Gasteiger partial charge in [-0.15, -0.1) is 0 Å². The molecule has 1 aliphatic carbocycles. The average molecular weight is 220 g/mol. The van der Waals surface area contributed by atoms with E-state index in [9.17, 15) is 0 Å². The Kier molecular flexibility index (Phi) is 2.56. The molecule has 1 aliphatic rings. The van der Waals surface area contributed by atoms with Gasteiger partial charge in [-0.3, -0.25) is 0 Å². The first-order valence-electron chi connectivity index (χ1n) is 6.15. The predicted octanol–water partition coefficient (Wildman–Crippen LogP) is 4.50. The van der Waals surface area contributed by atoms with Crippen molar-refractivity contribution in [1.82, 2.24) is 0 Å². The third-order valence-electron chi connectivity index (χ3n) is 3.61. The molecule has 17 heavy (non-hydrogen) atoms. The summed E-state index contributed by atoms with van der Waals surface area (Å²) in [5.41, 5.74) is 4.03. The molecule has 0 radical (unpaired) electrons. The third kappa shape index (κ3) is 2.03. The van der Waals surface area contributed by atoms with Gasteiger partial charge in [0.1, 0.15) is 0 Å². The first kappa shape index (κ1) is 10.3. The van der Waals surface area contributed by atoms with Crippen LogP contribution in [0.2, 0.25) is 0 Å². The fourth-order valence-corrected chi connectivity index (χ4v) is 2.52. The normalized spacial score (nSPS) is 22.1. The summed E-state index contributed by atoms with van der Waals surface area (Å²) < 4.78 is 0. The maximum atomic E-state index is 4.26. The predicted molar refractivity (Wildman–Crippen MR) is 72.8 cm³/mol. The molecule has 84 valence electrons. The van der Waals surface area contributed by atoms with Crippen LogP contribution in [0.1, 0.15) is 23.5 Å². The molecule has 2 aromatic rings. The fraction of sp³-hybridized carbons (Fsp3) is 0.176. The molecule has 1 saturated carbocycles. The monoisotopic (exact) mass is 220 g/mol. The maximum absolute atomic E-state index is 4.26. The van der Waals surface area contributed by atoms with Crippen LogP contribution in [0.15, 0.2) is 67.2 Å². The minimum Gasteiger partial charge on any atom is -0.0949 e. The van der Waals surface area contributed by atoms with Gasteiger partial charge >= 0.3 is 0 Å². The molecule has 0 heteroatoms. The highest BCUT2D eigenvalue weighted by atomic mass is 14.4. The molecule has 0 saturated heterocycles. The van der Waals surface area contributed by atoms with E-state index >= 15 is 0 Å². The van der Waals surface area contributed by atoms with Crippen molar-refractivity contribution in [3.63, 3.8) is 0 Å². The molecule has 2 aromatic carbocycles. The molecular weight excluding hydrogens is 204 g/mol. The van der Waals surface area contributed by atoms with E-state index in [4.69, 9.17) is 0 Å². The summed E-state index contributed by atoms with van der Waals surface area (Å²) in [6, 6.07) is 21.3. The largest absolute Gasteiger partial charge is 0.0949 e. The van der Waals surface area contributed by atoms with Gasteiger partial charge in [0.05, 0.1) is 0 Å². The SMILES string of the molecule is C=C(c1ccccc1)[C@@H]1CC1c1ccccc1. The van der Waals surface area contributed by atoms with E-state index in [1.807, 2.05) is 0 Å². The number of benzene rings is 2. The molecule has 0 aromatic heterocycles. The van der Waals surface area contributed by atoms with E-state index in [0.29, 0.717) is 11.8 Å². The first-order chi connectivity index (χ1) is 8.36. The van der Waals surface area contributed by atoms with Gasteiger partial charge in [0.2, 0.25) is 0 Å². The topological polar surface area (TPSA) is 0 Å². The summed E-state index contributed by atoms with van der Waals surface area (Å²) >= 11 is 0. The molecule has 2 atom stereocenters. The van der Waals surface area contributed by atoms with Crippen LogP contribution in [-0.4, -0.2) is 0 Å². The van der Waals surface area contributed by atoms with Gasteiger partial charge in [-0.25, -0.2) is 0 Å². The van der Waals surface area contributed by atoms with Crippen molar-refractivity contribution in [3.05, 3.63) is 78.4 Å². The summed E-state index contributed by atoms with van der Waals surface area (Å²) in [7, 11) is 0. The van der Waals surface area contributed by atoms with Crippen molar-refractivity contribution in [2.45, 2.75) is 12.3 Å². The lowest BCUT2D eigenvalue weighted by atomic mass is 10.00. The Morgan fingerprint density at radius 2 is 1.47 bits per heavy atom. The van der Waals surface area contributed by atoms with Crippen molar-refractivity contribution in [1.29, 1.82) is 0 Å². The standard InChI is InChI=1S/C17H16/c1-13(14-8-4-2-5-9-14)16-12-17(16)15-10-6-3-7-11-15/h2-11,16-17H,1,12H2/t16-,17?/m0/s1. The highest BCUT2D eigenvalue weighted by Crippen LogP contribution is 2.53. The van der Waals surface area contributed by atoms with E-state index < -0.39 is 0 Å². The average Bonchev–Trinajstić information content (AvgIpc) is 3.20. The molecule has 0 spiro atoms. The lowest BCUT2D eigenvalue weighted by Crippen LogP contribution is -1.87. The zero-order chi connectivity index (χ0) is 11.7. The molecule has 0 N–H and O–H groups in total. The maximum Gasteiger partial charge on any atom is -0.00868 e. The molecule has 0 amide bonds. The number of hydrogen-bond acceptors (Lipinski definition) is 0. The van der Waals surface area contributed by atoms with Gasteiger partial charge in [0, 0.05) is 0 Å². The lowest BCUT2D eigenvalue weighted by Gasteiger charge is -2.05. The van der Waals surface area contributed by atoms with E-state index in [-0.39, 0.29) is 0 Å². The second-order valence-electron chi connectivity index (χ2n) is 4.75. The zero-order valence-electron chi connectivity index (χ0n) is 9.84. The van der Waals surface area contributed by atoms with Gasteiger partial charge < -0.3 is 0 Å². The summed E-state index contributed by atoms with van der Waals surface area (Å²) in [5.74, 6) is 1.32. The van der Waals surface area contributed by atoms with E-state index in [1.54, 1.807) is 0 Å². The second kappa shape index (κ2) is 4.21. The van der Waals surface area contributed by atoms with Gasteiger partial charge in [0.15, 0.2) is 0 Å². The molecule has 0 bridgehead atoms. The highest BCUT2D eigenvalue weighted by Gasteiger charge is 2.40. The Labute approximate surface area is 103 Å². The molecule has 0 heterocycles. The van der Waals surface area contributed by atoms with Gasteiger partial charge in [-0.1, -0.05) is 67.2 Å². The van der Waals surface area contributed by atoms with Crippen LogP contribution in [0.5, 0.6) is 0 Å². The molecule has 3 rings (SSSR count). The quantitative estimate of drug-likeness (QED) is 0.714. The van der Waals surface area contributed by atoms with Crippen LogP contribution in [-0.2, 0) is 0 Å². The molecule has 1 fully saturated rings. The van der Waals surface area contributed by atoms with Crippen molar-refractivity contribution in [2.24, 2.45) is 5.92 Å². The van der Waals surface area contributed by atoms with Gasteiger partial charge in [-0.2, -0.15) is 0 Å². The van der Waals surface area contributed by atoms with E-state index in [2.05, 4.69) is 67.2 Å². The highest BCUT2D eigenvalue weighted by molar-refractivity contribution is 5.69. The number of hydrogen-bond donors (Lipinski definition) is 0. The summed E-state index contributed by atoms with van der Waals surface area (Å²) in [6.45, 7) is 4.26.